The first-order chi connectivity index (χ1) is 17.3. The molecule has 0 atom stereocenters. The Labute approximate surface area is 217 Å². The highest BCUT2D eigenvalue weighted by molar-refractivity contribution is 5.69. The van der Waals surface area contributed by atoms with Crippen LogP contribution in [0.5, 0.6) is 0 Å². The molecule has 0 heterocycles. The van der Waals surface area contributed by atoms with Crippen LogP contribution in [0.2, 0.25) is 0 Å². The van der Waals surface area contributed by atoms with Crippen LogP contribution in [0, 0.1) is 0 Å². The molecule has 210 valence electrons. The van der Waals surface area contributed by atoms with Crippen molar-refractivity contribution in [2.45, 2.75) is 123 Å². The van der Waals surface area contributed by atoms with Gasteiger partial charge in [0.15, 0.2) is 0 Å². The highest BCUT2D eigenvalue weighted by Crippen LogP contribution is 2.09. The highest BCUT2D eigenvalue weighted by atomic mass is 16.6. The first kappa shape index (κ1) is 34.3. The number of carbonyl (C=O) groups excluding carboxylic acids is 1. The Balaban J connectivity index is 3.10. The monoisotopic (exact) mass is 502 g/mol. The van der Waals surface area contributed by atoms with E-state index in [4.69, 9.17) is 23.7 Å². The molecule has 0 rings (SSSR count). The maximum absolute atomic E-state index is 11.7. The second-order valence-electron chi connectivity index (χ2n) is 9.37. The molecule has 0 aromatic rings. The molecular formula is C29H58O6. The van der Waals surface area contributed by atoms with Crippen molar-refractivity contribution in [2.24, 2.45) is 0 Å². The standard InChI is InChI=1S/C29H58O6/c1-3-5-7-9-11-12-13-14-16-20-31-23-25-33-27-28-34-26-24-32-21-18-19-29(30)35-22-17-15-10-8-6-4-2/h3-28H2,1-2H3. The molecule has 0 radical (unpaired) electrons. The van der Waals surface area contributed by atoms with E-state index in [2.05, 4.69) is 13.8 Å². The number of carbonyl (C=O) groups is 1. The average molecular weight is 503 g/mol. The molecule has 0 unspecified atom stereocenters. The summed E-state index contributed by atoms with van der Waals surface area (Å²) in [7, 11) is 0. The minimum absolute atomic E-state index is 0.118. The van der Waals surface area contributed by atoms with E-state index in [1.54, 1.807) is 0 Å². The van der Waals surface area contributed by atoms with Crippen LogP contribution < -0.4 is 0 Å². The minimum atomic E-state index is -0.118. The predicted molar refractivity (Wildman–Crippen MR) is 144 cm³/mol. The first-order valence-electron chi connectivity index (χ1n) is 14.8. The molecule has 0 aliphatic carbocycles. The molecule has 0 aromatic carbocycles. The summed E-state index contributed by atoms with van der Waals surface area (Å²) >= 11 is 0. The van der Waals surface area contributed by atoms with Crippen molar-refractivity contribution in [1.82, 2.24) is 0 Å². The van der Waals surface area contributed by atoms with Gasteiger partial charge in [0.2, 0.25) is 0 Å². The molecule has 0 N–H and O–H groups in total. The Hall–Kier alpha value is -0.690. The maximum atomic E-state index is 11.7. The van der Waals surface area contributed by atoms with Gasteiger partial charge in [-0.25, -0.2) is 0 Å². The van der Waals surface area contributed by atoms with E-state index in [0.29, 0.717) is 65.7 Å². The molecule has 0 aliphatic rings. The van der Waals surface area contributed by atoms with Crippen LogP contribution in [0.1, 0.15) is 123 Å². The van der Waals surface area contributed by atoms with Gasteiger partial charge in [-0.05, 0) is 19.3 Å². The van der Waals surface area contributed by atoms with E-state index in [-0.39, 0.29) is 5.97 Å². The lowest BCUT2D eigenvalue weighted by Crippen LogP contribution is -2.12. The Morgan fingerprint density at radius 3 is 1.20 bits per heavy atom. The fourth-order valence-corrected chi connectivity index (χ4v) is 3.74. The first-order valence-corrected chi connectivity index (χ1v) is 14.8. The van der Waals surface area contributed by atoms with E-state index >= 15 is 0 Å². The van der Waals surface area contributed by atoms with Gasteiger partial charge in [-0.1, -0.05) is 97.3 Å². The molecule has 0 aromatic heterocycles. The average Bonchev–Trinajstić information content (AvgIpc) is 2.86. The van der Waals surface area contributed by atoms with Crippen LogP contribution in [0.15, 0.2) is 0 Å². The third-order valence-corrected chi connectivity index (χ3v) is 5.94. The number of unbranched alkanes of at least 4 members (excludes halogenated alkanes) is 13. The molecular weight excluding hydrogens is 444 g/mol. The molecule has 6 nitrogen and oxygen atoms in total. The van der Waals surface area contributed by atoms with Crippen LogP contribution in [0.25, 0.3) is 0 Å². The molecule has 0 saturated heterocycles. The molecule has 0 fully saturated rings. The van der Waals surface area contributed by atoms with Crippen LogP contribution >= 0.6 is 0 Å². The quantitative estimate of drug-likeness (QED) is 0.0760. The van der Waals surface area contributed by atoms with Crippen LogP contribution in [0.3, 0.4) is 0 Å². The number of esters is 1. The SMILES string of the molecule is CCCCCCCCCCCOCCOCCOCCOCCCC(=O)OCCCCCCCC. The number of ether oxygens (including phenoxy) is 5. The van der Waals surface area contributed by atoms with E-state index < -0.39 is 0 Å². The maximum Gasteiger partial charge on any atom is 0.305 e. The Kier molecular flexibility index (Phi) is 30.7. The lowest BCUT2D eigenvalue weighted by molar-refractivity contribution is -0.144. The summed E-state index contributed by atoms with van der Waals surface area (Å²) in [5.41, 5.74) is 0. The normalized spacial score (nSPS) is 11.3. The molecule has 0 amide bonds. The third kappa shape index (κ3) is 31.3. The number of hydrogen-bond donors (Lipinski definition) is 0. The third-order valence-electron chi connectivity index (χ3n) is 5.94. The number of hydrogen-bond acceptors (Lipinski definition) is 6. The van der Waals surface area contributed by atoms with Gasteiger partial charge in [-0.3, -0.25) is 4.79 Å². The van der Waals surface area contributed by atoms with Gasteiger partial charge in [0.25, 0.3) is 0 Å². The van der Waals surface area contributed by atoms with Crippen molar-refractivity contribution in [1.29, 1.82) is 0 Å². The molecule has 0 spiro atoms. The van der Waals surface area contributed by atoms with Crippen molar-refractivity contribution in [3.8, 4) is 0 Å². The summed E-state index contributed by atoms with van der Waals surface area (Å²) in [6, 6.07) is 0. The van der Waals surface area contributed by atoms with E-state index in [1.807, 2.05) is 0 Å². The molecule has 0 saturated carbocycles. The topological polar surface area (TPSA) is 63.2 Å². The smallest absolute Gasteiger partial charge is 0.305 e. The number of rotatable bonds is 30. The Morgan fingerprint density at radius 2 is 0.743 bits per heavy atom. The van der Waals surface area contributed by atoms with Gasteiger partial charge in [0, 0.05) is 19.6 Å². The summed E-state index contributed by atoms with van der Waals surface area (Å²) in [6.45, 7) is 9.91. The van der Waals surface area contributed by atoms with Crippen molar-refractivity contribution < 1.29 is 28.5 Å². The van der Waals surface area contributed by atoms with E-state index in [9.17, 15) is 4.79 Å². The predicted octanol–water partition coefficient (Wildman–Crippen LogP) is 7.27. The van der Waals surface area contributed by atoms with Gasteiger partial charge >= 0.3 is 5.97 Å². The zero-order valence-corrected chi connectivity index (χ0v) is 23.3. The fraction of sp³-hybridized carbons (Fsp3) is 0.966. The summed E-state index contributed by atoms with van der Waals surface area (Å²) in [4.78, 5) is 11.7. The minimum Gasteiger partial charge on any atom is -0.466 e. The van der Waals surface area contributed by atoms with Crippen molar-refractivity contribution in [3.63, 3.8) is 0 Å². The zero-order valence-electron chi connectivity index (χ0n) is 23.3. The Bertz CT molecular complexity index is 405. The molecule has 6 heteroatoms. The van der Waals surface area contributed by atoms with Gasteiger partial charge in [-0.15, -0.1) is 0 Å². The van der Waals surface area contributed by atoms with Crippen LogP contribution in [-0.4, -0.2) is 65.4 Å². The second kappa shape index (κ2) is 31.3. The summed E-state index contributed by atoms with van der Waals surface area (Å²) in [5, 5.41) is 0. The second-order valence-corrected chi connectivity index (χ2v) is 9.37. The summed E-state index contributed by atoms with van der Waals surface area (Å²) < 4.78 is 27.4. The van der Waals surface area contributed by atoms with Gasteiger partial charge in [0.1, 0.15) is 0 Å². The van der Waals surface area contributed by atoms with Crippen LogP contribution in [0.4, 0.5) is 0 Å². The summed E-state index contributed by atoms with van der Waals surface area (Å²) in [5.74, 6) is -0.118. The molecule has 35 heavy (non-hydrogen) atoms. The van der Waals surface area contributed by atoms with Gasteiger partial charge < -0.3 is 23.7 Å². The highest BCUT2D eigenvalue weighted by Gasteiger charge is 2.02. The van der Waals surface area contributed by atoms with Gasteiger partial charge in [0.05, 0.1) is 46.2 Å². The Morgan fingerprint density at radius 1 is 0.400 bits per heavy atom. The largest absolute Gasteiger partial charge is 0.466 e. The van der Waals surface area contributed by atoms with Crippen molar-refractivity contribution in [2.75, 3.05) is 59.5 Å². The zero-order chi connectivity index (χ0) is 25.5. The van der Waals surface area contributed by atoms with Crippen LogP contribution in [-0.2, 0) is 28.5 Å². The lowest BCUT2D eigenvalue weighted by Gasteiger charge is -2.08. The van der Waals surface area contributed by atoms with Gasteiger partial charge in [-0.2, -0.15) is 0 Å². The van der Waals surface area contributed by atoms with Crippen molar-refractivity contribution >= 4 is 5.97 Å². The lowest BCUT2D eigenvalue weighted by atomic mass is 10.1. The van der Waals surface area contributed by atoms with E-state index in [0.717, 1.165) is 25.9 Å². The molecule has 0 aliphatic heterocycles. The van der Waals surface area contributed by atoms with Crippen molar-refractivity contribution in [3.05, 3.63) is 0 Å². The van der Waals surface area contributed by atoms with E-state index in [1.165, 1.54) is 77.0 Å². The summed E-state index contributed by atoms with van der Waals surface area (Å²) in [6.07, 6.45) is 20.3. The molecule has 0 bridgehead atoms. The fourth-order valence-electron chi connectivity index (χ4n) is 3.74.